The van der Waals surface area contributed by atoms with Gasteiger partial charge in [-0.15, -0.1) is 0 Å². The highest BCUT2D eigenvalue weighted by Gasteiger charge is 2.78. The molecule has 2 saturated carbocycles. The number of carbonyl (C=O) groups is 5. The molecule has 306 valence electrons. The van der Waals surface area contributed by atoms with Crippen LogP contribution in [0, 0.1) is 16.7 Å². The van der Waals surface area contributed by atoms with Crippen LogP contribution in [0.1, 0.15) is 83.3 Å². The van der Waals surface area contributed by atoms with Gasteiger partial charge in [-0.05, 0) is 56.5 Å². The number of aliphatic hydroxyl groups excluding tert-OH is 3. The molecule has 0 aromatic heterocycles. The number of aliphatic hydroxyl groups is 4. The quantitative estimate of drug-likeness (QED) is 0.107. The summed E-state index contributed by atoms with van der Waals surface area (Å²) in [6, 6.07) is 14.9. The van der Waals surface area contributed by atoms with Crippen molar-refractivity contribution < 1.29 is 63.3 Å². The molecule has 1 saturated heterocycles. The normalized spacial score (nSPS) is 34.2. The first-order valence-corrected chi connectivity index (χ1v) is 19.0. The summed E-state index contributed by atoms with van der Waals surface area (Å²) >= 11 is 0. The third kappa shape index (κ3) is 6.70. The number of rotatable bonds is 9. The summed E-state index contributed by atoms with van der Waals surface area (Å²) < 4.78 is 24.1. The monoisotopic (exact) mass is 789 g/mol. The van der Waals surface area contributed by atoms with E-state index in [1.54, 1.807) is 82.3 Å². The van der Waals surface area contributed by atoms with E-state index in [0.29, 0.717) is 11.1 Å². The lowest BCUT2D eigenvalue weighted by Gasteiger charge is -2.67. The van der Waals surface area contributed by atoms with Crippen molar-refractivity contribution in [1.82, 2.24) is 5.32 Å². The van der Waals surface area contributed by atoms with E-state index >= 15 is 0 Å². The second-order valence-electron chi connectivity index (χ2n) is 16.4. The summed E-state index contributed by atoms with van der Waals surface area (Å²) in [5, 5.41) is 51.7. The van der Waals surface area contributed by atoms with Gasteiger partial charge >= 0.3 is 17.9 Å². The lowest BCUT2D eigenvalue weighted by Crippen LogP contribution is -2.81. The fourth-order valence-electron chi connectivity index (χ4n) is 9.51. The van der Waals surface area contributed by atoms with Gasteiger partial charge < -0.3 is 44.7 Å². The lowest BCUT2D eigenvalue weighted by molar-refractivity contribution is -0.346. The number of allylic oxidation sites excluding steroid dienone is 1. The Morgan fingerprint density at radius 1 is 0.965 bits per heavy atom. The van der Waals surface area contributed by atoms with Crippen LogP contribution in [0.15, 0.2) is 83.5 Å². The molecule has 2 aromatic rings. The van der Waals surface area contributed by atoms with E-state index in [0.717, 1.165) is 6.92 Å². The minimum atomic E-state index is -2.34. The van der Waals surface area contributed by atoms with Crippen LogP contribution in [0.4, 0.5) is 0 Å². The zero-order chi connectivity index (χ0) is 41.8. The molecule has 1 amide bonds. The third-order valence-corrected chi connectivity index (χ3v) is 13.0. The average Bonchev–Trinajstić information content (AvgIpc) is 3.18. The first-order valence-electron chi connectivity index (χ1n) is 19.0. The Hall–Kier alpha value is -4.73. The van der Waals surface area contributed by atoms with Crippen LogP contribution in [0.2, 0.25) is 0 Å². The van der Waals surface area contributed by atoms with Crippen molar-refractivity contribution in [3.05, 3.63) is 94.6 Å². The van der Waals surface area contributed by atoms with E-state index in [1.165, 1.54) is 26.0 Å². The number of Topliss-reactive ketones (excluding diaryl/α,β-unsaturated/α-hetero) is 1. The molecule has 1 aliphatic heterocycles. The van der Waals surface area contributed by atoms with Crippen LogP contribution in [0.25, 0.3) is 0 Å². The van der Waals surface area contributed by atoms with Crippen LogP contribution in [0.3, 0.4) is 0 Å². The number of fused-ring (bicyclic) bond motifs is 5. The first kappa shape index (κ1) is 41.9. The molecule has 6 rings (SSSR count). The largest absolute Gasteiger partial charge is 0.456 e. The predicted molar refractivity (Wildman–Crippen MR) is 202 cm³/mol. The van der Waals surface area contributed by atoms with Gasteiger partial charge in [-0.3, -0.25) is 14.4 Å². The molecule has 0 radical (unpaired) electrons. The van der Waals surface area contributed by atoms with E-state index in [4.69, 9.17) is 18.9 Å². The number of esters is 3. The Balaban J connectivity index is 1.50. The molecule has 11 atom stereocenters. The van der Waals surface area contributed by atoms with Crippen LogP contribution < -0.4 is 5.32 Å². The van der Waals surface area contributed by atoms with Gasteiger partial charge in [-0.1, -0.05) is 68.5 Å². The summed E-state index contributed by atoms with van der Waals surface area (Å²) in [7, 11) is 0. The Bertz CT molecular complexity index is 1990. The van der Waals surface area contributed by atoms with Crippen molar-refractivity contribution in [2.24, 2.45) is 16.7 Å². The zero-order valence-corrected chi connectivity index (χ0v) is 33.1. The summed E-state index contributed by atoms with van der Waals surface area (Å²) in [6.45, 7) is 10.1. The summed E-state index contributed by atoms with van der Waals surface area (Å²) in [6.07, 6.45) is -8.83. The third-order valence-electron chi connectivity index (χ3n) is 13.0. The van der Waals surface area contributed by atoms with Crippen molar-refractivity contribution in [3.8, 4) is 0 Å². The molecule has 5 N–H and O–H groups in total. The number of ketones is 1. The van der Waals surface area contributed by atoms with E-state index in [2.05, 4.69) is 5.32 Å². The number of hydrogen-bond acceptors (Lipinski definition) is 13. The van der Waals surface area contributed by atoms with Crippen molar-refractivity contribution in [2.45, 2.75) is 115 Å². The average molecular weight is 790 g/mol. The van der Waals surface area contributed by atoms with Gasteiger partial charge in [0.05, 0.1) is 35.6 Å². The molecular formula is C43H51NO13. The van der Waals surface area contributed by atoms with E-state index in [-0.39, 0.29) is 29.7 Å². The molecule has 4 aliphatic rings. The van der Waals surface area contributed by atoms with Crippen molar-refractivity contribution in [2.75, 3.05) is 6.61 Å². The molecule has 2 aromatic carbocycles. The van der Waals surface area contributed by atoms with Gasteiger partial charge in [0, 0.05) is 30.8 Å². The SMILES string of the molecule is C/C=C(/C)C(=O)N[C@@H](c1ccccc1)[C@@H](O)C(=O)O[C@H]1C[C@@]2(O)[C@@H](OC(=O)c3ccccc3)C3[C@](C)(C(=O)[C@H](O)C(=C1C)C2(C)C)[C@@H](O)C[C@H]1OC[C@@]31OC(C)=O. The Labute approximate surface area is 330 Å². The molecule has 3 aliphatic carbocycles. The highest BCUT2D eigenvalue weighted by molar-refractivity contribution is 5.95. The van der Waals surface area contributed by atoms with Crippen LogP contribution in [-0.4, -0.2) is 104 Å². The van der Waals surface area contributed by atoms with E-state index < -0.39 is 107 Å². The standard InChI is InChI=1S/C43H51NO13/c1-8-22(2)37(50)44-31(25-15-11-9-12-16-25)33(48)39(52)55-27-20-43(53)36(56-38(51)26-17-13-10-14-18-26)34-41(7,35(49)32(47)30(23(27)3)40(43,5)6)28(46)19-29-42(34,21-54-29)57-24(4)45/h8-18,27-29,31-34,36,46-48,53H,19-21H2,1-7H3,(H,44,50)/b22-8-/t27-,28-,29+,31-,32+,33+,34?,36-,41+,42-,43+/m0/s1. The molecule has 1 heterocycles. The lowest BCUT2D eigenvalue weighted by atomic mass is 9.44. The second-order valence-corrected chi connectivity index (χ2v) is 16.4. The fourth-order valence-corrected chi connectivity index (χ4v) is 9.51. The number of benzene rings is 2. The summed E-state index contributed by atoms with van der Waals surface area (Å²) in [5.41, 5.74) is -6.75. The topological polar surface area (TPSA) is 215 Å². The van der Waals surface area contributed by atoms with Crippen LogP contribution in [0.5, 0.6) is 0 Å². The van der Waals surface area contributed by atoms with Crippen molar-refractivity contribution in [3.63, 3.8) is 0 Å². The molecule has 14 heteroatoms. The van der Waals surface area contributed by atoms with Gasteiger partial charge in [0.15, 0.2) is 17.5 Å². The van der Waals surface area contributed by atoms with Gasteiger partial charge in [0.1, 0.15) is 30.0 Å². The van der Waals surface area contributed by atoms with Crippen LogP contribution >= 0.6 is 0 Å². The Morgan fingerprint density at radius 2 is 1.58 bits per heavy atom. The number of carbonyl (C=O) groups excluding carboxylic acids is 5. The molecule has 14 nitrogen and oxygen atoms in total. The number of ether oxygens (including phenoxy) is 4. The molecule has 0 spiro atoms. The summed E-state index contributed by atoms with van der Waals surface area (Å²) in [4.78, 5) is 68.9. The maximum Gasteiger partial charge on any atom is 0.338 e. The van der Waals surface area contributed by atoms with Crippen molar-refractivity contribution >= 4 is 29.6 Å². The minimum absolute atomic E-state index is 0.0497. The smallest absolute Gasteiger partial charge is 0.338 e. The summed E-state index contributed by atoms with van der Waals surface area (Å²) in [5.74, 6) is -5.84. The zero-order valence-electron chi connectivity index (χ0n) is 33.1. The van der Waals surface area contributed by atoms with Crippen molar-refractivity contribution in [1.29, 1.82) is 0 Å². The number of nitrogens with one attached hydrogen (secondary N) is 1. The van der Waals surface area contributed by atoms with E-state index in [9.17, 15) is 44.4 Å². The van der Waals surface area contributed by atoms with Gasteiger partial charge in [0.25, 0.3) is 0 Å². The van der Waals surface area contributed by atoms with E-state index in [1.807, 2.05) is 0 Å². The van der Waals surface area contributed by atoms with Gasteiger partial charge in [0.2, 0.25) is 5.91 Å². The first-order chi connectivity index (χ1) is 26.8. The number of hydrogen-bond donors (Lipinski definition) is 5. The Morgan fingerprint density at radius 3 is 2.14 bits per heavy atom. The molecule has 57 heavy (non-hydrogen) atoms. The highest BCUT2D eigenvalue weighted by atomic mass is 16.6. The maximum atomic E-state index is 14.9. The molecule has 1 unspecified atom stereocenters. The highest BCUT2D eigenvalue weighted by Crippen LogP contribution is 2.64. The fraction of sp³-hybridized carbons (Fsp3) is 0.512. The second kappa shape index (κ2) is 15.2. The van der Waals surface area contributed by atoms with Gasteiger partial charge in [-0.2, -0.15) is 0 Å². The van der Waals surface area contributed by atoms with Crippen LogP contribution in [-0.2, 0) is 38.1 Å². The molecular weight excluding hydrogens is 738 g/mol. The molecule has 3 fully saturated rings. The number of amides is 1. The maximum absolute atomic E-state index is 14.9. The minimum Gasteiger partial charge on any atom is -0.456 e. The Kier molecular flexibility index (Phi) is 11.2. The molecule has 2 bridgehead atoms. The predicted octanol–water partition coefficient (Wildman–Crippen LogP) is 2.82. The van der Waals surface area contributed by atoms with Gasteiger partial charge in [-0.25, -0.2) is 9.59 Å².